The smallest absolute Gasteiger partial charge is 0.240 e. The van der Waals surface area contributed by atoms with Gasteiger partial charge in [0.2, 0.25) is 5.91 Å². The highest BCUT2D eigenvalue weighted by Gasteiger charge is 2.37. The minimum Gasteiger partial charge on any atom is -0.345 e. The van der Waals surface area contributed by atoms with Crippen molar-refractivity contribution in [2.45, 2.75) is 57.0 Å². The van der Waals surface area contributed by atoms with E-state index in [2.05, 4.69) is 17.4 Å². The van der Waals surface area contributed by atoms with Crippen LogP contribution in [-0.2, 0) is 10.3 Å². The number of nitrogens with one attached hydrogen (secondary N) is 1. The first-order valence-corrected chi connectivity index (χ1v) is 7.11. The Hall–Kier alpha value is -1.35. The maximum Gasteiger partial charge on any atom is 0.240 e. The van der Waals surface area contributed by atoms with Crippen molar-refractivity contribution < 1.29 is 4.79 Å². The molecule has 19 heavy (non-hydrogen) atoms. The highest BCUT2D eigenvalue weighted by Crippen LogP contribution is 2.37. The summed E-state index contributed by atoms with van der Waals surface area (Å²) in [6.45, 7) is 3.51. The molecule has 3 N–H and O–H groups in total. The van der Waals surface area contributed by atoms with E-state index in [1.54, 1.807) is 13.8 Å². The van der Waals surface area contributed by atoms with Crippen LogP contribution >= 0.6 is 0 Å². The average molecular weight is 260 g/mol. The Bertz CT molecular complexity index is 428. The van der Waals surface area contributed by atoms with Gasteiger partial charge in [0.05, 0.1) is 11.1 Å². The fourth-order valence-corrected chi connectivity index (χ4v) is 2.78. The summed E-state index contributed by atoms with van der Waals surface area (Å²) in [5.41, 5.74) is 6.06. The van der Waals surface area contributed by atoms with Gasteiger partial charge in [-0.05, 0) is 32.3 Å². The van der Waals surface area contributed by atoms with Crippen LogP contribution in [0.2, 0.25) is 0 Å². The number of hydrogen-bond donors (Lipinski definition) is 2. The minimum absolute atomic E-state index is 0.0711. The maximum atomic E-state index is 12.3. The van der Waals surface area contributed by atoms with E-state index in [0.29, 0.717) is 0 Å². The van der Waals surface area contributed by atoms with Gasteiger partial charge in [-0.1, -0.05) is 49.6 Å². The van der Waals surface area contributed by atoms with Crippen LogP contribution in [0.15, 0.2) is 30.3 Å². The van der Waals surface area contributed by atoms with Crippen molar-refractivity contribution in [1.82, 2.24) is 5.32 Å². The van der Waals surface area contributed by atoms with E-state index in [1.807, 2.05) is 18.2 Å². The zero-order valence-electron chi connectivity index (χ0n) is 11.9. The molecule has 0 saturated heterocycles. The zero-order chi connectivity index (χ0) is 13.9. The molecule has 1 amide bonds. The highest BCUT2D eigenvalue weighted by molar-refractivity contribution is 5.85. The first kappa shape index (κ1) is 14.1. The van der Waals surface area contributed by atoms with Gasteiger partial charge in [-0.2, -0.15) is 0 Å². The van der Waals surface area contributed by atoms with Gasteiger partial charge in [-0.15, -0.1) is 0 Å². The standard InChI is InChI=1S/C16H24N2O/c1-15(2,17)14(19)18-16(11-7-4-8-12-16)13-9-5-3-6-10-13/h3,5-6,9-10H,4,7-8,11-12,17H2,1-2H3,(H,18,19). The third-order valence-corrected chi connectivity index (χ3v) is 3.97. The molecule has 3 nitrogen and oxygen atoms in total. The van der Waals surface area contributed by atoms with Gasteiger partial charge in [0.25, 0.3) is 0 Å². The molecule has 104 valence electrons. The molecule has 2 rings (SSSR count). The quantitative estimate of drug-likeness (QED) is 0.878. The van der Waals surface area contributed by atoms with Crippen LogP contribution in [0, 0.1) is 0 Å². The molecule has 0 atom stereocenters. The third-order valence-electron chi connectivity index (χ3n) is 3.97. The summed E-state index contributed by atoms with van der Waals surface area (Å²) in [6.07, 6.45) is 5.55. The van der Waals surface area contributed by atoms with Crippen molar-refractivity contribution in [3.63, 3.8) is 0 Å². The summed E-state index contributed by atoms with van der Waals surface area (Å²) < 4.78 is 0. The van der Waals surface area contributed by atoms with Gasteiger partial charge in [-0.25, -0.2) is 0 Å². The molecule has 1 fully saturated rings. The van der Waals surface area contributed by atoms with Crippen LogP contribution in [0.5, 0.6) is 0 Å². The van der Waals surface area contributed by atoms with Crippen molar-refractivity contribution in [3.8, 4) is 0 Å². The van der Waals surface area contributed by atoms with Crippen molar-refractivity contribution in [2.24, 2.45) is 5.73 Å². The van der Waals surface area contributed by atoms with E-state index < -0.39 is 5.54 Å². The van der Waals surface area contributed by atoms with Crippen molar-refractivity contribution in [3.05, 3.63) is 35.9 Å². The molecule has 0 unspecified atom stereocenters. The predicted octanol–water partition coefficient (Wildman–Crippen LogP) is 2.70. The SMILES string of the molecule is CC(C)(N)C(=O)NC1(c2ccccc2)CCCCC1. The first-order chi connectivity index (χ1) is 8.94. The number of hydrogen-bond acceptors (Lipinski definition) is 2. The Morgan fingerprint density at radius 3 is 2.26 bits per heavy atom. The van der Waals surface area contributed by atoms with Crippen LogP contribution in [0.25, 0.3) is 0 Å². The Labute approximate surface area is 115 Å². The van der Waals surface area contributed by atoms with Gasteiger partial charge in [0.1, 0.15) is 0 Å². The van der Waals surface area contributed by atoms with Gasteiger partial charge in [0, 0.05) is 0 Å². The molecular weight excluding hydrogens is 236 g/mol. The van der Waals surface area contributed by atoms with E-state index >= 15 is 0 Å². The summed E-state index contributed by atoms with van der Waals surface area (Å²) >= 11 is 0. The number of benzene rings is 1. The largest absolute Gasteiger partial charge is 0.345 e. The molecule has 0 aliphatic heterocycles. The van der Waals surface area contributed by atoms with E-state index in [0.717, 1.165) is 25.7 Å². The fraction of sp³-hybridized carbons (Fsp3) is 0.562. The second-order valence-electron chi connectivity index (χ2n) is 6.18. The predicted molar refractivity (Wildman–Crippen MR) is 77.6 cm³/mol. The molecule has 1 aliphatic rings. The van der Waals surface area contributed by atoms with Crippen molar-refractivity contribution in [2.75, 3.05) is 0 Å². The lowest BCUT2D eigenvalue weighted by Crippen LogP contribution is -2.57. The fourth-order valence-electron chi connectivity index (χ4n) is 2.78. The van der Waals surface area contributed by atoms with Crippen LogP contribution in [0.1, 0.15) is 51.5 Å². The Kier molecular flexibility index (Phi) is 3.95. The minimum atomic E-state index is -0.834. The van der Waals surface area contributed by atoms with Gasteiger partial charge < -0.3 is 11.1 Å². The van der Waals surface area contributed by atoms with Crippen LogP contribution < -0.4 is 11.1 Å². The molecule has 0 heterocycles. The van der Waals surface area contributed by atoms with Gasteiger partial charge >= 0.3 is 0 Å². The van der Waals surface area contributed by atoms with Gasteiger partial charge in [0.15, 0.2) is 0 Å². The maximum absolute atomic E-state index is 12.3. The Morgan fingerprint density at radius 2 is 1.74 bits per heavy atom. The Balaban J connectivity index is 2.28. The normalized spacial score (nSPS) is 18.9. The van der Waals surface area contributed by atoms with Crippen LogP contribution in [0.4, 0.5) is 0 Å². The van der Waals surface area contributed by atoms with Gasteiger partial charge in [-0.3, -0.25) is 4.79 Å². The molecule has 0 aromatic heterocycles. The number of carbonyl (C=O) groups excluding carboxylic acids is 1. The molecule has 1 aromatic rings. The number of rotatable bonds is 3. The van der Waals surface area contributed by atoms with Crippen molar-refractivity contribution >= 4 is 5.91 Å². The third kappa shape index (κ3) is 3.16. The molecule has 1 aliphatic carbocycles. The summed E-state index contributed by atoms with van der Waals surface area (Å²) in [5.74, 6) is -0.0711. The molecule has 1 aromatic carbocycles. The monoisotopic (exact) mass is 260 g/mol. The topological polar surface area (TPSA) is 55.1 Å². The van der Waals surface area contributed by atoms with E-state index in [1.165, 1.54) is 12.0 Å². The lowest BCUT2D eigenvalue weighted by molar-refractivity contribution is -0.127. The van der Waals surface area contributed by atoms with Crippen molar-refractivity contribution in [1.29, 1.82) is 0 Å². The summed E-state index contributed by atoms with van der Waals surface area (Å²) in [5, 5.41) is 3.22. The van der Waals surface area contributed by atoms with Crippen LogP contribution in [0.3, 0.4) is 0 Å². The first-order valence-electron chi connectivity index (χ1n) is 7.11. The summed E-state index contributed by atoms with van der Waals surface area (Å²) in [7, 11) is 0. The lowest BCUT2D eigenvalue weighted by atomic mass is 9.76. The van der Waals surface area contributed by atoms with Crippen LogP contribution in [-0.4, -0.2) is 11.4 Å². The summed E-state index contributed by atoms with van der Waals surface area (Å²) in [4.78, 5) is 12.3. The van der Waals surface area contributed by atoms with E-state index in [9.17, 15) is 4.79 Å². The zero-order valence-corrected chi connectivity index (χ0v) is 11.9. The second-order valence-corrected chi connectivity index (χ2v) is 6.18. The molecular formula is C16H24N2O. The molecule has 3 heteroatoms. The number of nitrogens with two attached hydrogens (primary N) is 1. The number of amides is 1. The average Bonchev–Trinajstić information content (AvgIpc) is 2.40. The molecule has 0 spiro atoms. The number of carbonyl (C=O) groups is 1. The highest BCUT2D eigenvalue weighted by atomic mass is 16.2. The van der Waals surface area contributed by atoms with E-state index in [-0.39, 0.29) is 11.4 Å². The molecule has 0 radical (unpaired) electrons. The molecule has 0 bridgehead atoms. The van der Waals surface area contributed by atoms with E-state index in [4.69, 9.17) is 5.73 Å². The Morgan fingerprint density at radius 1 is 1.16 bits per heavy atom. The molecule has 1 saturated carbocycles. The lowest BCUT2D eigenvalue weighted by Gasteiger charge is -2.40. The summed E-state index contributed by atoms with van der Waals surface area (Å²) in [6, 6.07) is 10.3. The second kappa shape index (κ2) is 5.33.